The number of hydrogen-bond donors (Lipinski definition) is 2. The molecule has 3 aromatic rings. The molecule has 0 saturated carbocycles. The standard InChI is InChI=1S/C21H23N3O3/c1-14(2)16-6-4-7-17(12-16)27-21-19(10-9-15(3)23-21)20(24-25)22-13-18-8-5-11-26-18/h4-12,14,25H,13H2,1-3H3,(H,22,24). The Morgan fingerprint density at radius 2 is 2.07 bits per heavy atom. The van der Waals surface area contributed by atoms with Gasteiger partial charge in [0.25, 0.3) is 0 Å². The van der Waals surface area contributed by atoms with Crippen molar-refractivity contribution in [2.45, 2.75) is 33.2 Å². The lowest BCUT2D eigenvalue weighted by atomic mass is 10.0. The molecule has 2 heterocycles. The van der Waals surface area contributed by atoms with Crippen molar-refractivity contribution in [1.29, 1.82) is 0 Å². The Labute approximate surface area is 158 Å². The van der Waals surface area contributed by atoms with Gasteiger partial charge in [-0.1, -0.05) is 26.0 Å². The van der Waals surface area contributed by atoms with Crippen molar-refractivity contribution in [3.05, 3.63) is 77.4 Å². The fourth-order valence-corrected chi connectivity index (χ4v) is 2.58. The number of furan rings is 1. The third kappa shape index (κ3) is 4.74. The number of amidine groups is 1. The van der Waals surface area contributed by atoms with Crippen LogP contribution < -0.4 is 10.2 Å². The van der Waals surface area contributed by atoms with Crippen molar-refractivity contribution in [3.63, 3.8) is 0 Å². The van der Waals surface area contributed by atoms with Gasteiger partial charge in [0.2, 0.25) is 5.88 Å². The molecular formula is C21H23N3O3. The van der Waals surface area contributed by atoms with E-state index in [9.17, 15) is 5.21 Å². The second-order valence-electron chi connectivity index (χ2n) is 6.49. The fourth-order valence-electron chi connectivity index (χ4n) is 2.58. The lowest BCUT2D eigenvalue weighted by Gasteiger charge is -2.13. The molecule has 2 aromatic heterocycles. The van der Waals surface area contributed by atoms with Gasteiger partial charge >= 0.3 is 0 Å². The van der Waals surface area contributed by atoms with Crippen LogP contribution in [0.15, 0.2) is 64.2 Å². The smallest absolute Gasteiger partial charge is 0.230 e. The minimum Gasteiger partial charge on any atom is -0.467 e. The number of benzene rings is 1. The normalized spacial score (nSPS) is 11.7. The Morgan fingerprint density at radius 3 is 2.78 bits per heavy atom. The fraction of sp³-hybridized carbons (Fsp3) is 0.238. The number of pyridine rings is 1. The first-order valence-electron chi connectivity index (χ1n) is 8.79. The Morgan fingerprint density at radius 1 is 1.22 bits per heavy atom. The van der Waals surface area contributed by atoms with Gasteiger partial charge in [0.1, 0.15) is 11.5 Å². The predicted molar refractivity (Wildman–Crippen MR) is 103 cm³/mol. The molecular weight excluding hydrogens is 342 g/mol. The Bertz CT molecular complexity index is 918. The lowest BCUT2D eigenvalue weighted by Crippen LogP contribution is -2.21. The number of hydroxylamine groups is 1. The van der Waals surface area contributed by atoms with Crippen LogP contribution in [0.25, 0.3) is 0 Å². The zero-order chi connectivity index (χ0) is 19.2. The maximum absolute atomic E-state index is 9.59. The van der Waals surface area contributed by atoms with Gasteiger partial charge < -0.3 is 9.15 Å². The minimum absolute atomic E-state index is 0.258. The highest BCUT2D eigenvalue weighted by Gasteiger charge is 2.14. The summed E-state index contributed by atoms with van der Waals surface area (Å²) in [6, 6.07) is 15.2. The number of rotatable bonds is 6. The third-order valence-corrected chi connectivity index (χ3v) is 4.07. The average Bonchev–Trinajstić information content (AvgIpc) is 3.17. The van der Waals surface area contributed by atoms with E-state index < -0.39 is 0 Å². The Hall–Kier alpha value is -3.12. The first-order valence-corrected chi connectivity index (χ1v) is 8.79. The molecule has 0 atom stereocenters. The van der Waals surface area contributed by atoms with E-state index in [1.54, 1.807) is 12.3 Å². The molecule has 0 amide bonds. The molecule has 3 rings (SSSR count). The quantitative estimate of drug-likeness (QED) is 0.372. The summed E-state index contributed by atoms with van der Waals surface area (Å²) in [6.45, 7) is 6.42. The molecule has 0 spiro atoms. The molecule has 140 valence electrons. The van der Waals surface area contributed by atoms with Crippen LogP contribution in [0.2, 0.25) is 0 Å². The highest BCUT2D eigenvalue weighted by atomic mass is 16.5. The topological polar surface area (TPSA) is 79.9 Å². The van der Waals surface area contributed by atoms with E-state index in [0.29, 0.717) is 28.9 Å². The Kier molecular flexibility index (Phi) is 5.88. The molecule has 0 radical (unpaired) electrons. The van der Waals surface area contributed by atoms with Crippen LogP contribution in [0.1, 0.15) is 42.3 Å². The molecule has 2 N–H and O–H groups in total. The number of aromatic nitrogens is 1. The van der Waals surface area contributed by atoms with Gasteiger partial charge in [0.15, 0.2) is 5.84 Å². The molecule has 1 aromatic carbocycles. The summed E-state index contributed by atoms with van der Waals surface area (Å²) in [6.07, 6.45) is 1.58. The van der Waals surface area contributed by atoms with E-state index in [1.807, 2.05) is 43.3 Å². The number of aryl methyl sites for hydroxylation is 1. The predicted octanol–water partition coefficient (Wildman–Crippen LogP) is 4.82. The summed E-state index contributed by atoms with van der Waals surface area (Å²) in [7, 11) is 0. The van der Waals surface area contributed by atoms with Gasteiger partial charge in [0, 0.05) is 5.69 Å². The van der Waals surface area contributed by atoms with Crippen LogP contribution in [0.3, 0.4) is 0 Å². The molecule has 0 saturated heterocycles. The summed E-state index contributed by atoms with van der Waals surface area (Å²) in [5.74, 6) is 2.39. The molecule has 27 heavy (non-hydrogen) atoms. The zero-order valence-corrected chi connectivity index (χ0v) is 15.6. The van der Waals surface area contributed by atoms with Gasteiger partial charge in [-0.2, -0.15) is 0 Å². The van der Waals surface area contributed by atoms with Crippen LogP contribution >= 0.6 is 0 Å². The molecule has 0 aliphatic heterocycles. The van der Waals surface area contributed by atoms with Gasteiger partial charge in [-0.3, -0.25) is 15.7 Å². The number of aliphatic imine (C=N–C) groups is 1. The molecule has 0 aliphatic carbocycles. The molecule has 6 nitrogen and oxygen atoms in total. The molecule has 0 fully saturated rings. The van der Waals surface area contributed by atoms with Crippen molar-refractivity contribution in [1.82, 2.24) is 10.5 Å². The van der Waals surface area contributed by atoms with Gasteiger partial charge in [-0.05, 0) is 54.8 Å². The average molecular weight is 365 g/mol. The highest BCUT2D eigenvalue weighted by Crippen LogP contribution is 2.27. The van der Waals surface area contributed by atoms with Crippen LogP contribution in [-0.4, -0.2) is 16.0 Å². The second kappa shape index (κ2) is 8.51. The van der Waals surface area contributed by atoms with Gasteiger partial charge in [-0.15, -0.1) is 0 Å². The van der Waals surface area contributed by atoms with E-state index in [-0.39, 0.29) is 12.4 Å². The van der Waals surface area contributed by atoms with E-state index in [1.165, 1.54) is 5.56 Å². The van der Waals surface area contributed by atoms with E-state index in [4.69, 9.17) is 9.15 Å². The Balaban J connectivity index is 1.92. The maximum Gasteiger partial charge on any atom is 0.230 e. The van der Waals surface area contributed by atoms with E-state index in [0.717, 1.165) is 5.69 Å². The summed E-state index contributed by atoms with van der Waals surface area (Å²) >= 11 is 0. The van der Waals surface area contributed by atoms with Crippen molar-refractivity contribution in [2.75, 3.05) is 0 Å². The first-order chi connectivity index (χ1) is 13.1. The van der Waals surface area contributed by atoms with Crippen LogP contribution in [0, 0.1) is 6.92 Å². The van der Waals surface area contributed by atoms with Crippen molar-refractivity contribution < 1.29 is 14.4 Å². The summed E-state index contributed by atoms with van der Waals surface area (Å²) < 4.78 is 11.3. The first kappa shape index (κ1) is 18.7. The van der Waals surface area contributed by atoms with Crippen molar-refractivity contribution in [2.24, 2.45) is 4.99 Å². The summed E-state index contributed by atoms with van der Waals surface area (Å²) in [5, 5.41) is 9.59. The van der Waals surface area contributed by atoms with Crippen molar-refractivity contribution in [3.8, 4) is 11.6 Å². The second-order valence-corrected chi connectivity index (χ2v) is 6.49. The molecule has 0 aliphatic rings. The van der Waals surface area contributed by atoms with Crippen molar-refractivity contribution >= 4 is 5.84 Å². The number of ether oxygens (including phenoxy) is 1. The van der Waals surface area contributed by atoms with Crippen LogP contribution in [0.5, 0.6) is 11.6 Å². The maximum atomic E-state index is 9.59. The van der Waals surface area contributed by atoms with Gasteiger partial charge in [-0.25, -0.2) is 4.98 Å². The monoisotopic (exact) mass is 365 g/mol. The SMILES string of the molecule is Cc1ccc(C(=NCc2ccco2)NO)c(Oc2cccc(C(C)C)c2)n1. The zero-order valence-electron chi connectivity index (χ0n) is 15.6. The third-order valence-electron chi connectivity index (χ3n) is 4.07. The summed E-state index contributed by atoms with van der Waals surface area (Å²) in [4.78, 5) is 8.85. The number of nitrogens with one attached hydrogen (secondary N) is 1. The number of hydrogen-bond acceptors (Lipinski definition) is 5. The van der Waals surface area contributed by atoms with E-state index in [2.05, 4.69) is 35.4 Å². The van der Waals surface area contributed by atoms with Crippen LogP contribution in [-0.2, 0) is 6.54 Å². The highest BCUT2D eigenvalue weighted by molar-refractivity contribution is 6.00. The number of nitrogens with zero attached hydrogens (tertiary/aromatic N) is 2. The minimum atomic E-state index is 0.258. The van der Waals surface area contributed by atoms with Crippen LogP contribution in [0.4, 0.5) is 0 Å². The van der Waals surface area contributed by atoms with Gasteiger partial charge in [0.05, 0.1) is 18.4 Å². The molecule has 6 heteroatoms. The summed E-state index contributed by atoms with van der Waals surface area (Å²) in [5.41, 5.74) is 4.68. The molecule has 0 bridgehead atoms. The largest absolute Gasteiger partial charge is 0.467 e. The van der Waals surface area contributed by atoms with E-state index >= 15 is 0 Å². The lowest BCUT2D eigenvalue weighted by molar-refractivity contribution is 0.234. The molecule has 0 unspecified atom stereocenters.